The number of nitrogens with zero attached hydrogens (tertiary/aromatic N) is 4. The molecule has 23 heavy (non-hydrogen) atoms. The Hall–Kier alpha value is -3.22. The highest BCUT2D eigenvalue weighted by Gasteiger charge is 2.15. The summed E-state index contributed by atoms with van der Waals surface area (Å²) in [7, 11) is 0. The first-order valence-corrected chi connectivity index (χ1v) is 7.08. The lowest BCUT2D eigenvalue weighted by molar-refractivity contribution is -0.122. The van der Waals surface area contributed by atoms with Crippen molar-refractivity contribution in [2.75, 3.05) is 5.32 Å². The van der Waals surface area contributed by atoms with Gasteiger partial charge in [-0.1, -0.05) is 24.3 Å². The molecular weight excluding hydrogens is 294 g/mol. The van der Waals surface area contributed by atoms with Gasteiger partial charge in [0.25, 0.3) is 5.91 Å². The van der Waals surface area contributed by atoms with E-state index in [1.54, 1.807) is 19.1 Å². The van der Waals surface area contributed by atoms with Gasteiger partial charge in [-0.05, 0) is 41.6 Å². The molecule has 0 aliphatic heterocycles. The van der Waals surface area contributed by atoms with Crippen molar-refractivity contribution in [3.63, 3.8) is 0 Å². The average molecular weight is 309 g/mol. The molecule has 3 aromatic rings. The summed E-state index contributed by atoms with van der Waals surface area (Å²) in [5.74, 6) is 0.345. The Morgan fingerprint density at radius 2 is 2.00 bits per heavy atom. The number of amides is 1. The van der Waals surface area contributed by atoms with Crippen molar-refractivity contribution in [1.82, 2.24) is 20.2 Å². The number of carbonyl (C=O) groups excluding carboxylic acids is 1. The van der Waals surface area contributed by atoms with E-state index in [0.717, 1.165) is 11.4 Å². The summed E-state index contributed by atoms with van der Waals surface area (Å²) in [5.41, 5.74) is 1.48. The van der Waals surface area contributed by atoms with Gasteiger partial charge in [-0.2, -0.15) is 0 Å². The highest BCUT2D eigenvalue weighted by atomic mass is 16.5. The summed E-state index contributed by atoms with van der Waals surface area (Å²) < 4.78 is 7.21. The lowest BCUT2D eigenvalue weighted by atomic mass is 10.3. The van der Waals surface area contributed by atoms with Crippen molar-refractivity contribution in [3.05, 3.63) is 60.9 Å². The number of hydrogen-bond donors (Lipinski definition) is 1. The fourth-order valence-corrected chi connectivity index (χ4v) is 2.00. The maximum atomic E-state index is 12.2. The van der Waals surface area contributed by atoms with E-state index in [9.17, 15) is 4.79 Å². The molecule has 7 nitrogen and oxygen atoms in total. The number of para-hydroxylation sites is 1. The van der Waals surface area contributed by atoms with Crippen LogP contribution in [0.5, 0.6) is 5.75 Å². The summed E-state index contributed by atoms with van der Waals surface area (Å²) in [4.78, 5) is 12.2. The molecule has 0 unspecified atom stereocenters. The van der Waals surface area contributed by atoms with Gasteiger partial charge in [-0.15, -0.1) is 5.10 Å². The van der Waals surface area contributed by atoms with Crippen LogP contribution in [0, 0.1) is 0 Å². The van der Waals surface area contributed by atoms with Crippen LogP contribution in [0.4, 0.5) is 5.69 Å². The van der Waals surface area contributed by atoms with Gasteiger partial charge in [0, 0.05) is 11.8 Å². The minimum atomic E-state index is -0.640. The lowest BCUT2D eigenvalue weighted by Crippen LogP contribution is -2.30. The monoisotopic (exact) mass is 309 g/mol. The number of tetrazole rings is 1. The molecule has 1 atom stereocenters. The molecule has 0 saturated carbocycles. The number of carbonyl (C=O) groups is 1. The van der Waals surface area contributed by atoms with Crippen molar-refractivity contribution in [3.8, 4) is 11.4 Å². The second-order valence-electron chi connectivity index (χ2n) is 4.87. The summed E-state index contributed by atoms with van der Waals surface area (Å²) in [6.07, 6.45) is 0.851. The number of benzene rings is 2. The normalized spacial score (nSPS) is 11.7. The van der Waals surface area contributed by atoms with Gasteiger partial charge >= 0.3 is 0 Å². The lowest BCUT2D eigenvalue weighted by Gasteiger charge is -2.15. The van der Waals surface area contributed by atoms with E-state index < -0.39 is 6.10 Å². The molecule has 1 aromatic heterocycles. The number of rotatable bonds is 5. The van der Waals surface area contributed by atoms with Gasteiger partial charge in [-0.3, -0.25) is 4.79 Å². The Morgan fingerprint density at radius 1 is 1.17 bits per heavy atom. The molecule has 116 valence electrons. The number of aromatic nitrogens is 4. The van der Waals surface area contributed by atoms with Crippen LogP contribution >= 0.6 is 0 Å². The smallest absolute Gasteiger partial charge is 0.265 e. The van der Waals surface area contributed by atoms with E-state index in [-0.39, 0.29) is 5.91 Å². The van der Waals surface area contributed by atoms with Crippen molar-refractivity contribution in [2.45, 2.75) is 13.0 Å². The standard InChI is InChI=1S/C16H15N5O2/c1-12(16(22)18-13-6-3-2-4-7-13)23-15-9-5-8-14(10-15)21-11-17-19-20-21/h2-12H,1H3,(H,18,22)/t12-/m0/s1. The predicted molar refractivity (Wildman–Crippen MR) is 84.3 cm³/mol. The van der Waals surface area contributed by atoms with Crippen LogP contribution in [0.2, 0.25) is 0 Å². The molecule has 0 radical (unpaired) electrons. The van der Waals surface area contributed by atoms with Gasteiger partial charge in [0.2, 0.25) is 0 Å². The number of anilines is 1. The molecule has 0 aliphatic carbocycles. The van der Waals surface area contributed by atoms with E-state index in [1.807, 2.05) is 42.5 Å². The topological polar surface area (TPSA) is 81.9 Å². The SMILES string of the molecule is C[C@H](Oc1cccc(-n2cnnn2)c1)C(=O)Nc1ccccc1. The van der Waals surface area contributed by atoms with E-state index >= 15 is 0 Å². The first-order chi connectivity index (χ1) is 11.2. The van der Waals surface area contributed by atoms with E-state index in [1.165, 1.54) is 11.0 Å². The molecule has 0 fully saturated rings. The van der Waals surface area contributed by atoms with Crippen LogP contribution in [0.1, 0.15) is 6.92 Å². The van der Waals surface area contributed by atoms with E-state index in [4.69, 9.17) is 4.74 Å². The highest BCUT2D eigenvalue weighted by molar-refractivity contribution is 5.94. The minimum absolute atomic E-state index is 0.218. The molecule has 1 amide bonds. The molecule has 1 N–H and O–H groups in total. The van der Waals surface area contributed by atoms with E-state index in [2.05, 4.69) is 20.8 Å². The molecule has 0 saturated heterocycles. The summed E-state index contributed by atoms with van der Waals surface area (Å²) in [5, 5.41) is 13.8. The van der Waals surface area contributed by atoms with Crippen LogP contribution in [0.15, 0.2) is 60.9 Å². The Bertz CT molecular complexity index is 774. The van der Waals surface area contributed by atoms with Crippen LogP contribution in [0.3, 0.4) is 0 Å². The Morgan fingerprint density at radius 3 is 2.74 bits per heavy atom. The number of ether oxygens (including phenoxy) is 1. The largest absolute Gasteiger partial charge is 0.481 e. The minimum Gasteiger partial charge on any atom is -0.481 e. The third-order valence-corrected chi connectivity index (χ3v) is 3.15. The average Bonchev–Trinajstić information content (AvgIpc) is 3.10. The Labute approximate surface area is 132 Å². The van der Waals surface area contributed by atoms with Crippen molar-refractivity contribution >= 4 is 11.6 Å². The zero-order valence-electron chi connectivity index (χ0n) is 12.5. The highest BCUT2D eigenvalue weighted by Crippen LogP contribution is 2.17. The molecule has 1 heterocycles. The second-order valence-corrected chi connectivity index (χ2v) is 4.87. The van der Waals surface area contributed by atoms with Gasteiger partial charge in [0.05, 0.1) is 5.69 Å². The molecule has 2 aromatic carbocycles. The summed E-state index contributed by atoms with van der Waals surface area (Å²) in [6.45, 7) is 1.70. The van der Waals surface area contributed by atoms with E-state index in [0.29, 0.717) is 5.75 Å². The predicted octanol–water partition coefficient (Wildman–Crippen LogP) is 2.07. The van der Waals surface area contributed by atoms with Gasteiger partial charge in [-0.25, -0.2) is 4.68 Å². The zero-order chi connectivity index (χ0) is 16.1. The van der Waals surface area contributed by atoms with Crippen LogP contribution in [-0.4, -0.2) is 32.2 Å². The number of hydrogen-bond acceptors (Lipinski definition) is 5. The molecule has 3 rings (SSSR count). The fourth-order valence-electron chi connectivity index (χ4n) is 2.00. The van der Waals surface area contributed by atoms with Crippen molar-refractivity contribution in [2.24, 2.45) is 0 Å². The quantitative estimate of drug-likeness (QED) is 0.780. The molecule has 0 spiro atoms. The van der Waals surface area contributed by atoms with Crippen molar-refractivity contribution in [1.29, 1.82) is 0 Å². The van der Waals surface area contributed by atoms with Gasteiger partial charge < -0.3 is 10.1 Å². The molecule has 0 bridgehead atoms. The Balaban J connectivity index is 1.67. The summed E-state index contributed by atoms with van der Waals surface area (Å²) in [6, 6.07) is 16.5. The number of nitrogens with one attached hydrogen (secondary N) is 1. The van der Waals surface area contributed by atoms with Crippen molar-refractivity contribution < 1.29 is 9.53 Å². The van der Waals surface area contributed by atoms with Crippen LogP contribution in [-0.2, 0) is 4.79 Å². The molecule has 7 heteroatoms. The van der Waals surface area contributed by atoms with Gasteiger partial charge in [0.15, 0.2) is 6.10 Å². The third kappa shape index (κ3) is 3.70. The fraction of sp³-hybridized carbons (Fsp3) is 0.125. The first kappa shape index (κ1) is 14.7. The van der Waals surface area contributed by atoms with Gasteiger partial charge in [0.1, 0.15) is 12.1 Å². The Kier molecular flexibility index (Phi) is 4.28. The third-order valence-electron chi connectivity index (χ3n) is 3.15. The maximum Gasteiger partial charge on any atom is 0.265 e. The van der Waals surface area contributed by atoms with Crippen LogP contribution < -0.4 is 10.1 Å². The zero-order valence-corrected chi connectivity index (χ0v) is 12.5. The molecular formula is C16H15N5O2. The van der Waals surface area contributed by atoms with Crippen LogP contribution in [0.25, 0.3) is 5.69 Å². The first-order valence-electron chi connectivity index (χ1n) is 7.08. The summed E-state index contributed by atoms with van der Waals surface area (Å²) >= 11 is 0. The molecule has 0 aliphatic rings. The maximum absolute atomic E-state index is 12.2. The second kappa shape index (κ2) is 6.69.